The number of rotatable bonds is 8. The SMILES string of the molecule is COc1ccc(C(=O)N(Cc2ccncc2)C2CC2)cc1S(=O)(=O)NC1CC1. The summed E-state index contributed by atoms with van der Waals surface area (Å²) in [6.07, 6.45) is 6.99. The van der Waals surface area contributed by atoms with Crippen molar-refractivity contribution in [1.29, 1.82) is 0 Å². The molecule has 0 spiro atoms. The van der Waals surface area contributed by atoms with Gasteiger partial charge in [0.15, 0.2) is 0 Å². The quantitative estimate of drug-likeness (QED) is 0.733. The van der Waals surface area contributed by atoms with Gasteiger partial charge < -0.3 is 9.64 Å². The van der Waals surface area contributed by atoms with Crippen LogP contribution in [0.4, 0.5) is 0 Å². The van der Waals surface area contributed by atoms with Gasteiger partial charge in [-0.3, -0.25) is 9.78 Å². The van der Waals surface area contributed by atoms with Gasteiger partial charge in [-0.15, -0.1) is 0 Å². The molecule has 2 aliphatic rings. The van der Waals surface area contributed by atoms with Crippen LogP contribution in [0.25, 0.3) is 0 Å². The fourth-order valence-corrected chi connectivity index (χ4v) is 4.61. The number of pyridine rings is 1. The van der Waals surface area contributed by atoms with Gasteiger partial charge in [0, 0.05) is 36.6 Å². The number of carbonyl (C=O) groups excluding carboxylic acids is 1. The van der Waals surface area contributed by atoms with E-state index in [1.54, 1.807) is 24.5 Å². The van der Waals surface area contributed by atoms with Crippen LogP contribution in [-0.2, 0) is 16.6 Å². The van der Waals surface area contributed by atoms with Gasteiger partial charge in [0.1, 0.15) is 10.6 Å². The molecule has 4 rings (SSSR count). The number of hydrogen-bond acceptors (Lipinski definition) is 5. The second-order valence-corrected chi connectivity index (χ2v) is 8.96. The highest BCUT2D eigenvalue weighted by Gasteiger charge is 2.34. The average molecular weight is 401 g/mol. The van der Waals surface area contributed by atoms with Crippen molar-refractivity contribution in [3.05, 3.63) is 53.9 Å². The number of ether oxygens (including phenoxy) is 1. The van der Waals surface area contributed by atoms with E-state index in [0.717, 1.165) is 31.2 Å². The van der Waals surface area contributed by atoms with Crippen LogP contribution in [0.5, 0.6) is 5.75 Å². The standard InChI is InChI=1S/C20H23N3O4S/c1-27-18-7-2-15(12-19(18)28(25,26)22-16-3-4-16)20(24)23(17-5-6-17)13-14-8-10-21-11-9-14/h2,7-12,16-17,22H,3-6,13H2,1H3. The fraction of sp³-hybridized carbons (Fsp3) is 0.400. The summed E-state index contributed by atoms with van der Waals surface area (Å²) in [4.78, 5) is 19.0. The molecular weight excluding hydrogens is 378 g/mol. The average Bonchev–Trinajstić information content (AvgIpc) is 3.61. The smallest absolute Gasteiger partial charge is 0.254 e. The molecular formula is C20H23N3O4S. The summed E-state index contributed by atoms with van der Waals surface area (Å²) in [6, 6.07) is 8.52. The van der Waals surface area contributed by atoms with E-state index in [1.807, 2.05) is 17.0 Å². The molecule has 8 heteroatoms. The third kappa shape index (κ3) is 4.18. The number of aromatic nitrogens is 1. The summed E-state index contributed by atoms with van der Waals surface area (Å²) in [6.45, 7) is 0.473. The second kappa shape index (κ2) is 7.52. The summed E-state index contributed by atoms with van der Waals surface area (Å²) in [5.74, 6) is 0.0571. The summed E-state index contributed by atoms with van der Waals surface area (Å²) in [5, 5.41) is 0. The Morgan fingerprint density at radius 1 is 1.18 bits per heavy atom. The number of carbonyl (C=O) groups is 1. The zero-order valence-corrected chi connectivity index (χ0v) is 16.5. The first-order valence-corrected chi connectivity index (χ1v) is 10.9. The van der Waals surface area contributed by atoms with Crippen molar-refractivity contribution in [2.24, 2.45) is 0 Å². The molecule has 2 aromatic rings. The number of benzene rings is 1. The number of sulfonamides is 1. The molecule has 1 amide bonds. The zero-order valence-electron chi connectivity index (χ0n) is 15.7. The van der Waals surface area contributed by atoms with E-state index in [1.165, 1.54) is 13.2 Å². The van der Waals surface area contributed by atoms with Crippen LogP contribution in [-0.4, -0.2) is 43.4 Å². The lowest BCUT2D eigenvalue weighted by Gasteiger charge is -2.23. The monoisotopic (exact) mass is 401 g/mol. The molecule has 0 atom stereocenters. The molecule has 0 radical (unpaired) electrons. The molecule has 1 heterocycles. The Labute approximate surface area is 164 Å². The number of methoxy groups -OCH3 is 1. The molecule has 0 unspecified atom stereocenters. The first-order valence-electron chi connectivity index (χ1n) is 9.38. The van der Waals surface area contributed by atoms with Crippen molar-refractivity contribution >= 4 is 15.9 Å². The lowest BCUT2D eigenvalue weighted by atomic mass is 10.1. The van der Waals surface area contributed by atoms with E-state index >= 15 is 0 Å². The maximum absolute atomic E-state index is 13.2. The molecule has 1 aromatic heterocycles. The first-order chi connectivity index (χ1) is 13.5. The van der Waals surface area contributed by atoms with E-state index in [-0.39, 0.29) is 28.6 Å². The molecule has 0 bridgehead atoms. The van der Waals surface area contributed by atoms with Crippen LogP contribution in [0.1, 0.15) is 41.6 Å². The third-order valence-electron chi connectivity index (χ3n) is 4.95. The molecule has 28 heavy (non-hydrogen) atoms. The van der Waals surface area contributed by atoms with Crippen LogP contribution in [0.15, 0.2) is 47.6 Å². The Kier molecular flexibility index (Phi) is 5.07. The molecule has 1 aromatic carbocycles. The van der Waals surface area contributed by atoms with Gasteiger partial charge in [0.05, 0.1) is 7.11 Å². The molecule has 7 nitrogen and oxygen atoms in total. The third-order valence-corrected chi connectivity index (χ3v) is 6.49. The van der Waals surface area contributed by atoms with Gasteiger partial charge >= 0.3 is 0 Å². The highest BCUT2D eigenvalue weighted by atomic mass is 32.2. The van der Waals surface area contributed by atoms with Crippen molar-refractivity contribution in [3.8, 4) is 5.75 Å². The van der Waals surface area contributed by atoms with E-state index in [2.05, 4.69) is 9.71 Å². The summed E-state index contributed by atoms with van der Waals surface area (Å²) >= 11 is 0. The van der Waals surface area contributed by atoms with Gasteiger partial charge in [-0.05, 0) is 61.6 Å². The van der Waals surface area contributed by atoms with E-state index in [9.17, 15) is 13.2 Å². The topological polar surface area (TPSA) is 88.6 Å². The first kappa shape index (κ1) is 18.9. The van der Waals surface area contributed by atoms with E-state index in [0.29, 0.717) is 12.1 Å². The Balaban J connectivity index is 1.63. The number of amides is 1. The summed E-state index contributed by atoms with van der Waals surface area (Å²) in [5.41, 5.74) is 1.34. The van der Waals surface area contributed by atoms with Crippen molar-refractivity contribution in [3.63, 3.8) is 0 Å². The molecule has 0 aliphatic heterocycles. The van der Waals surface area contributed by atoms with E-state index in [4.69, 9.17) is 4.74 Å². The van der Waals surface area contributed by atoms with Crippen LogP contribution < -0.4 is 9.46 Å². The minimum Gasteiger partial charge on any atom is -0.495 e. The minimum absolute atomic E-state index is 0.00686. The summed E-state index contributed by atoms with van der Waals surface area (Å²) in [7, 11) is -2.32. The van der Waals surface area contributed by atoms with Gasteiger partial charge in [0.2, 0.25) is 10.0 Å². The molecule has 2 aliphatic carbocycles. The van der Waals surface area contributed by atoms with Crippen LogP contribution in [0.2, 0.25) is 0 Å². The number of nitrogens with one attached hydrogen (secondary N) is 1. The molecule has 0 saturated heterocycles. The maximum atomic E-state index is 13.2. The lowest BCUT2D eigenvalue weighted by molar-refractivity contribution is 0.0729. The predicted molar refractivity (Wildman–Crippen MR) is 103 cm³/mol. The highest BCUT2D eigenvalue weighted by molar-refractivity contribution is 7.89. The Morgan fingerprint density at radius 2 is 1.89 bits per heavy atom. The molecule has 2 fully saturated rings. The minimum atomic E-state index is -3.74. The largest absolute Gasteiger partial charge is 0.495 e. The van der Waals surface area contributed by atoms with Gasteiger partial charge in [-0.2, -0.15) is 0 Å². The molecule has 1 N–H and O–H groups in total. The van der Waals surface area contributed by atoms with Gasteiger partial charge in [0.25, 0.3) is 5.91 Å². The predicted octanol–water partition coefficient (Wildman–Crippen LogP) is 2.34. The van der Waals surface area contributed by atoms with Crippen molar-refractivity contribution in [2.75, 3.05) is 7.11 Å². The molecule has 2 saturated carbocycles. The van der Waals surface area contributed by atoms with Gasteiger partial charge in [-0.1, -0.05) is 0 Å². The molecule has 148 valence electrons. The number of hydrogen-bond donors (Lipinski definition) is 1. The Bertz CT molecular complexity index is 970. The van der Waals surface area contributed by atoms with Crippen molar-refractivity contribution in [2.45, 2.75) is 49.2 Å². The zero-order chi connectivity index (χ0) is 19.7. The second-order valence-electron chi connectivity index (χ2n) is 7.28. The summed E-state index contributed by atoms with van der Waals surface area (Å²) < 4.78 is 33.3. The van der Waals surface area contributed by atoms with Crippen LogP contribution in [0, 0.1) is 0 Å². The normalized spacial score (nSPS) is 16.6. The Morgan fingerprint density at radius 3 is 2.50 bits per heavy atom. The van der Waals surface area contributed by atoms with E-state index < -0.39 is 10.0 Å². The van der Waals surface area contributed by atoms with Crippen LogP contribution >= 0.6 is 0 Å². The van der Waals surface area contributed by atoms with Crippen LogP contribution in [0.3, 0.4) is 0 Å². The van der Waals surface area contributed by atoms with Crippen molar-refractivity contribution < 1.29 is 17.9 Å². The number of nitrogens with zero attached hydrogens (tertiary/aromatic N) is 2. The van der Waals surface area contributed by atoms with Gasteiger partial charge in [-0.25, -0.2) is 13.1 Å². The Hall–Kier alpha value is -2.45. The van der Waals surface area contributed by atoms with Crippen molar-refractivity contribution in [1.82, 2.24) is 14.6 Å². The maximum Gasteiger partial charge on any atom is 0.254 e. The highest BCUT2D eigenvalue weighted by Crippen LogP contribution is 2.32. The fourth-order valence-electron chi connectivity index (χ4n) is 3.11. The lowest BCUT2D eigenvalue weighted by Crippen LogP contribution is -2.33.